The van der Waals surface area contributed by atoms with Gasteiger partial charge in [-0.25, -0.2) is 8.42 Å². The Bertz CT molecular complexity index is 710. The second-order valence-corrected chi connectivity index (χ2v) is 7.05. The molecule has 1 aliphatic heterocycles. The van der Waals surface area contributed by atoms with E-state index in [1.165, 1.54) is 4.31 Å². The van der Waals surface area contributed by atoms with E-state index in [2.05, 4.69) is 5.16 Å². The number of benzene rings is 1. The molecule has 0 bridgehead atoms. The second kappa shape index (κ2) is 5.61. The maximum Gasteiger partial charge on any atom is 0.243 e. The minimum Gasteiger partial charge on any atom is -0.359 e. The SMILES string of the molecule is CCc1cc(C2CCCN2S(=O)(=O)c2ccccc2)on1. The fraction of sp³-hybridized carbons (Fsp3) is 0.400. The molecule has 1 aliphatic rings. The first kappa shape index (κ1) is 14.3. The van der Waals surface area contributed by atoms with Crippen LogP contribution >= 0.6 is 0 Å². The molecule has 1 unspecified atom stereocenters. The summed E-state index contributed by atoms with van der Waals surface area (Å²) >= 11 is 0. The first-order chi connectivity index (χ1) is 10.1. The zero-order valence-corrected chi connectivity index (χ0v) is 12.7. The molecule has 21 heavy (non-hydrogen) atoms. The molecule has 2 aromatic rings. The van der Waals surface area contributed by atoms with Gasteiger partial charge in [0.1, 0.15) is 0 Å². The molecule has 2 heterocycles. The fourth-order valence-electron chi connectivity index (χ4n) is 2.69. The van der Waals surface area contributed by atoms with E-state index in [4.69, 9.17) is 4.52 Å². The van der Waals surface area contributed by atoms with Crippen LogP contribution in [0.15, 0.2) is 45.8 Å². The molecule has 1 fully saturated rings. The summed E-state index contributed by atoms with van der Waals surface area (Å²) in [7, 11) is -3.49. The number of rotatable bonds is 4. The predicted octanol–water partition coefficient (Wildman–Crippen LogP) is 2.76. The normalized spacial score (nSPS) is 20.0. The molecule has 0 radical (unpaired) electrons. The van der Waals surface area contributed by atoms with Gasteiger partial charge in [0.15, 0.2) is 5.76 Å². The number of nitrogens with zero attached hydrogens (tertiary/aromatic N) is 2. The molecule has 1 saturated heterocycles. The summed E-state index contributed by atoms with van der Waals surface area (Å²) in [6.45, 7) is 2.51. The van der Waals surface area contributed by atoms with Crippen LogP contribution in [0, 0.1) is 0 Å². The molecule has 1 aromatic heterocycles. The van der Waals surface area contributed by atoms with Crippen LogP contribution in [0.4, 0.5) is 0 Å². The van der Waals surface area contributed by atoms with Gasteiger partial charge < -0.3 is 4.52 Å². The lowest BCUT2D eigenvalue weighted by Gasteiger charge is -2.22. The Labute approximate surface area is 124 Å². The third kappa shape index (κ3) is 2.61. The number of sulfonamides is 1. The Morgan fingerprint density at radius 1 is 1.33 bits per heavy atom. The van der Waals surface area contributed by atoms with Gasteiger partial charge in [0.05, 0.1) is 16.6 Å². The van der Waals surface area contributed by atoms with Crippen molar-refractivity contribution in [3.63, 3.8) is 0 Å². The number of hydrogen-bond acceptors (Lipinski definition) is 4. The van der Waals surface area contributed by atoms with Gasteiger partial charge >= 0.3 is 0 Å². The maximum absolute atomic E-state index is 12.8. The molecular weight excluding hydrogens is 288 g/mol. The summed E-state index contributed by atoms with van der Waals surface area (Å²) in [6, 6.07) is 10.2. The summed E-state index contributed by atoms with van der Waals surface area (Å²) < 4.78 is 32.4. The van der Waals surface area contributed by atoms with Gasteiger partial charge in [-0.2, -0.15) is 4.31 Å². The van der Waals surface area contributed by atoms with E-state index >= 15 is 0 Å². The Kier molecular flexibility index (Phi) is 3.82. The Balaban J connectivity index is 1.94. The van der Waals surface area contributed by atoms with Crippen molar-refractivity contribution in [3.05, 3.63) is 47.9 Å². The molecule has 0 saturated carbocycles. The first-order valence-electron chi connectivity index (χ1n) is 7.15. The van der Waals surface area contributed by atoms with Crippen LogP contribution in [0.5, 0.6) is 0 Å². The van der Waals surface area contributed by atoms with Crippen LogP contribution in [-0.4, -0.2) is 24.4 Å². The lowest BCUT2D eigenvalue weighted by molar-refractivity contribution is 0.296. The van der Waals surface area contributed by atoms with Crippen LogP contribution in [0.2, 0.25) is 0 Å². The minimum atomic E-state index is -3.49. The number of aromatic nitrogens is 1. The largest absolute Gasteiger partial charge is 0.359 e. The van der Waals surface area contributed by atoms with Crippen molar-refractivity contribution in [1.82, 2.24) is 9.46 Å². The van der Waals surface area contributed by atoms with Crippen molar-refractivity contribution in [1.29, 1.82) is 0 Å². The average Bonchev–Trinajstić information content (AvgIpc) is 3.16. The van der Waals surface area contributed by atoms with Crippen molar-refractivity contribution in [2.24, 2.45) is 0 Å². The van der Waals surface area contributed by atoms with E-state index in [1.54, 1.807) is 24.3 Å². The summed E-state index contributed by atoms with van der Waals surface area (Å²) in [5, 5.41) is 3.97. The zero-order chi connectivity index (χ0) is 14.9. The fourth-order valence-corrected chi connectivity index (χ4v) is 4.38. The number of hydrogen-bond donors (Lipinski definition) is 0. The smallest absolute Gasteiger partial charge is 0.243 e. The zero-order valence-electron chi connectivity index (χ0n) is 11.9. The van der Waals surface area contributed by atoms with Crippen LogP contribution in [0.1, 0.15) is 37.3 Å². The summed E-state index contributed by atoms with van der Waals surface area (Å²) in [5.41, 5.74) is 0.856. The van der Waals surface area contributed by atoms with E-state index in [0.717, 1.165) is 25.0 Å². The Morgan fingerprint density at radius 2 is 2.10 bits per heavy atom. The third-order valence-electron chi connectivity index (χ3n) is 3.82. The van der Waals surface area contributed by atoms with Crippen LogP contribution in [0.3, 0.4) is 0 Å². The summed E-state index contributed by atoms with van der Waals surface area (Å²) in [4.78, 5) is 0.326. The van der Waals surface area contributed by atoms with Crippen molar-refractivity contribution in [2.75, 3.05) is 6.54 Å². The van der Waals surface area contributed by atoms with Gasteiger partial charge in [-0.3, -0.25) is 0 Å². The van der Waals surface area contributed by atoms with Gasteiger partial charge in [0.2, 0.25) is 10.0 Å². The van der Waals surface area contributed by atoms with E-state index < -0.39 is 10.0 Å². The van der Waals surface area contributed by atoms with Crippen molar-refractivity contribution in [2.45, 2.75) is 37.1 Å². The molecule has 1 aromatic carbocycles. The van der Waals surface area contributed by atoms with Crippen LogP contribution in [0.25, 0.3) is 0 Å². The second-order valence-electron chi connectivity index (χ2n) is 5.16. The van der Waals surface area contributed by atoms with Gasteiger partial charge in [-0.15, -0.1) is 0 Å². The highest BCUT2D eigenvalue weighted by Gasteiger charge is 2.38. The van der Waals surface area contributed by atoms with Crippen molar-refractivity contribution >= 4 is 10.0 Å². The molecule has 1 atom stereocenters. The highest BCUT2D eigenvalue weighted by atomic mass is 32.2. The molecule has 0 amide bonds. The highest BCUT2D eigenvalue weighted by molar-refractivity contribution is 7.89. The standard InChI is InChI=1S/C15H18N2O3S/c1-2-12-11-15(20-16-12)14-9-6-10-17(14)21(18,19)13-7-4-3-5-8-13/h3-5,7-8,11,14H,2,6,9-10H2,1H3. The molecule has 6 heteroatoms. The predicted molar refractivity (Wildman–Crippen MR) is 78.2 cm³/mol. The average molecular weight is 306 g/mol. The summed E-state index contributed by atoms with van der Waals surface area (Å²) in [5.74, 6) is 0.642. The summed E-state index contributed by atoms with van der Waals surface area (Å²) in [6.07, 6.45) is 2.38. The topological polar surface area (TPSA) is 63.4 Å². The van der Waals surface area contributed by atoms with Crippen LogP contribution < -0.4 is 0 Å². The highest BCUT2D eigenvalue weighted by Crippen LogP contribution is 2.36. The van der Waals surface area contributed by atoms with Crippen LogP contribution in [-0.2, 0) is 16.4 Å². The minimum absolute atomic E-state index is 0.247. The lowest BCUT2D eigenvalue weighted by Crippen LogP contribution is -2.30. The van der Waals surface area contributed by atoms with E-state index in [9.17, 15) is 8.42 Å². The molecular formula is C15H18N2O3S. The first-order valence-corrected chi connectivity index (χ1v) is 8.59. The van der Waals surface area contributed by atoms with Gasteiger partial charge in [-0.1, -0.05) is 30.3 Å². The molecule has 0 spiro atoms. The van der Waals surface area contributed by atoms with E-state index in [-0.39, 0.29) is 6.04 Å². The molecule has 0 N–H and O–H groups in total. The lowest BCUT2D eigenvalue weighted by atomic mass is 10.1. The molecule has 3 rings (SSSR count). The van der Waals surface area contributed by atoms with E-state index in [0.29, 0.717) is 17.2 Å². The van der Waals surface area contributed by atoms with Gasteiger partial charge in [0.25, 0.3) is 0 Å². The van der Waals surface area contributed by atoms with Gasteiger partial charge in [0, 0.05) is 12.6 Å². The maximum atomic E-state index is 12.8. The molecule has 112 valence electrons. The van der Waals surface area contributed by atoms with Crippen molar-refractivity contribution < 1.29 is 12.9 Å². The molecule has 0 aliphatic carbocycles. The van der Waals surface area contributed by atoms with E-state index in [1.807, 2.05) is 19.1 Å². The monoisotopic (exact) mass is 306 g/mol. The Hall–Kier alpha value is -1.66. The Morgan fingerprint density at radius 3 is 2.76 bits per heavy atom. The quantitative estimate of drug-likeness (QED) is 0.871. The number of aryl methyl sites for hydroxylation is 1. The third-order valence-corrected chi connectivity index (χ3v) is 5.74. The molecule has 5 nitrogen and oxygen atoms in total. The van der Waals surface area contributed by atoms with Crippen molar-refractivity contribution in [3.8, 4) is 0 Å². The van der Waals surface area contributed by atoms with Gasteiger partial charge in [-0.05, 0) is 31.4 Å².